The van der Waals surface area contributed by atoms with Crippen molar-refractivity contribution in [2.75, 3.05) is 26.7 Å². The molecule has 0 unspecified atom stereocenters. The van der Waals surface area contributed by atoms with Crippen LogP contribution < -0.4 is 4.74 Å². The van der Waals surface area contributed by atoms with Crippen molar-refractivity contribution in [2.24, 2.45) is 0 Å². The highest BCUT2D eigenvalue weighted by atomic mass is 16.5. The second-order valence-corrected chi connectivity index (χ2v) is 6.51. The Labute approximate surface area is 142 Å². The van der Waals surface area contributed by atoms with Crippen molar-refractivity contribution >= 4 is 11.9 Å². The van der Waals surface area contributed by atoms with Crippen LogP contribution in [0, 0.1) is 0 Å². The van der Waals surface area contributed by atoms with Crippen molar-refractivity contribution in [2.45, 2.75) is 37.8 Å². The summed E-state index contributed by atoms with van der Waals surface area (Å²) in [5, 5.41) is 9.63. The molecule has 130 valence electrons. The molecule has 2 aliphatic rings. The number of rotatable bonds is 4. The lowest BCUT2D eigenvalue weighted by atomic mass is 9.95. The number of aliphatic carboxylic acids is 1. The van der Waals surface area contributed by atoms with E-state index in [1.807, 2.05) is 0 Å². The molecule has 0 saturated carbocycles. The Bertz CT molecular complexity index is 613. The average molecular weight is 332 g/mol. The van der Waals surface area contributed by atoms with E-state index in [0.29, 0.717) is 24.3 Å². The van der Waals surface area contributed by atoms with E-state index in [4.69, 9.17) is 4.74 Å². The molecule has 1 amide bonds. The summed E-state index contributed by atoms with van der Waals surface area (Å²) in [5.41, 5.74) is 0.472. The summed E-state index contributed by atoms with van der Waals surface area (Å²) in [6.07, 6.45) is 3.70. The zero-order valence-electron chi connectivity index (χ0n) is 14.0. The normalized spacial score (nSPS) is 24.8. The summed E-state index contributed by atoms with van der Waals surface area (Å²) in [5.74, 6) is -0.559. The van der Waals surface area contributed by atoms with Crippen LogP contribution >= 0.6 is 0 Å². The highest BCUT2D eigenvalue weighted by molar-refractivity contribution is 5.97. The van der Waals surface area contributed by atoms with E-state index in [-0.39, 0.29) is 11.9 Å². The average Bonchev–Trinajstić information content (AvgIpc) is 3.15. The molecule has 0 aromatic heterocycles. The number of carboxylic acid groups (broad SMARTS) is 1. The van der Waals surface area contributed by atoms with Crippen molar-refractivity contribution in [3.63, 3.8) is 0 Å². The van der Waals surface area contributed by atoms with Gasteiger partial charge in [-0.15, -0.1) is 0 Å². The molecule has 1 aromatic rings. The predicted molar refractivity (Wildman–Crippen MR) is 89.3 cm³/mol. The number of carboxylic acids is 1. The number of nitrogens with zero attached hydrogens (tertiary/aromatic N) is 2. The Morgan fingerprint density at radius 1 is 1.21 bits per heavy atom. The quantitative estimate of drug-likeness (QED) is 0.911. The van der Waals surface area contributed by atoms with Gasteiger partial charge >= 0.3 is 5.97 Å². The van der Waals surface area contributed by atoms with E-state index < -0.39 is 12.0 Å². The van der Waals surface area contributed by atoms with Crippen LogP contribution in [0.15, 0.2) is 24.3 Å². The van der Waals surface area contributed by atoms with Crippen LogP contribution in [0.5, 0.6) is 5.75 Å². The number of benzene rings is 1. The maximum absolute atomic E-state index is 12.8. The summed E-state index contributed by atoms with van der Waals surface area (Å²) < 4.78 is 5.16. The van der Waals surface area contributed by atoms with Crippen LogP contribution in [0.1, 0.15) is 36.0 Å². The predicted octanol–water partition coefficient (Wildman–Crippen LogP) is 1.85. The van der Waals surface area contributed by atoms with Gasteiger partial charge in [0.2, 0.25) is 0 Å². The fraction of sp³-hybridized carbons (Fsp3) is 0.556. The minimum absolute atomic E-state index is 0.235. The summed E-state index contributed by atoms with van der Waals surface area (Å²) in [7, 11) is 1.55. The first-order chi connectivity index (χ1) is 11.6. The molecule has 2 aliphatic heterocycles. The number of hydrogen-bond donors (Lipinski definition) is 1. The van der Waals surface area contributed by atoms with Gasteiger partial charge in [-0.3, -0.25) is 4.79 Å². The summed E-state index contributed by atoms with van der Waals surface area (Å²) in [6.45, 7) is 2.57. The maximum atomic E-state index is 12.8. The zero-order chi connectivity index (χ0) is 17.1. The van der Waals surface area contributed by atoms with E-state index >= 15 is 0 Å². The monoisotopic (exact) mass is 332 g/mol. The van der Waals surface area contributed by atoms with E-state index in [9.17, 15) is 14.7 Å². The number of ether oxygens (including phenoxy) is 1. The number of amides is 1. The Balaban J connectivity index is 1.76. The van der Waals surface area contributed by atoms with Crippen molar-refractivity contribution < 1.29 is 19.4 Å². The first kappa shape index (κ1) is 16.8. The zero-order valence-corrected chi connectivity index (χ0v) is 14.0. The lowest BCUT2D eigenvalue weighted by Crippen LogP contribution is -2.54. The van der Waals surface area contributed by atoms with Gasteiger partial charge in [-0.2, -0.15) is 0 Å². The molecule has 0 aliphatic carbocycles. The highest BCUT2D eigenvalue weighted by Gasteiger charge is 2.39. The Morgan fingerprint density at radius 3 is 2.62 bits per heavy atom. The maximum Gasteiger partial charge on any atom is 0.326 e. The van der Waals surface area contributed by atoms with Crippen LogP contribution in [0.4, 0.5) is 0 Å². The van der Waals surface area contributed by atoms with Crippen molar-refractivity contribution in [3.05, 3.63) is 29.8 Å². The molecule has 0 spiro atoms. The summed E-state index contributed by atoms with van der Waals surface area (Å²) in [4.78, 5) is 28.4. The largest absolute Gasteiger partial charge is 0.497 e. The first-order valence-electron chi connectivity index (χ1n) is 8.52. The van der Waals surface area contributed by atoms with Gasteiger partial charge in [-0.1, -0.05) is 6.07 Å². The van der Waals surface area contributed by atoms with E-state index in [2.05, 4.69) is 4.90 Å². The fourth-order valence-electron chi connectivity index (χ4n) is 3.78. The van der Waals surface area contributed by atoms with E-state index in [0.717, 1.165) is 19.5 Å². The smallest absolute Gasteiger partial charge is 0.326 e. The molecular formula is C18H24N2O4. The van der Waals surface area contributed by atoms with Gasteiger partial charge in [0.05, 0.1) is 7.11 Å². The number of carbonyl (C=O) groups is 2. The molecule has 2 heterocycles. The van der Waals surface area contributed by atoms with Crippen molar-refractivity contribution in [3.8, 4) is 5.75 Å². The van der Waals surface area contributed by atoms with Gasteiger partial charge < -0.3 is 19.6 Å². The molecular weight excluding hydrogens is 308 g/mol. The molecule has 2 saturated heterocycles. The van der Waals surface area contributed by atoms with E-state index in [1.165, 1.54) is 17.7 Å². The van der Waals surface area contributed by atoms with Crippen molar-refractivity contribution in [1.29, 1.82) is 0 Å². The summed E-state index contributed by atoms with van der Waals surface area (Å²) in [6, 6.07) is 6.39. The molecule has 0 radical (unpaired) electrons. The van der Waals surface area contributed by atoms with Gasteiger partial charge in [-0.05, 0) is 57.0 Å². The van der Waals surface area contributed by atoms with E-state index in [1.54, 1.807) is 31.4 Å². The van der Waals surface area contributed by atoms with Crippen LogP contribution in [-0.4, -0.2) is 65.6 Å². The molecule has 6 heteroatoms. The standard InChI is InChI=1S/C18H24N2O4/c1-24-15-6-4-5-13(11-15)17(21)20-10-7-14(12-16(20)18(22)23)19-8-2-3-9-19/h4-6,11,14,16H,2-3,7-10,12H2,1H3,(H,22,23)/t14-,16-/m1/s1. The van der Waals surface area contributed by atoms with Crippen molar-refractivity contribution in [1.82, 2.24) is 9.80 Å². The van der Waals surface area contributed by atoms with Crippen LogP contribution in [0.25, 0.3) is 0 Å². The molecule has 6 nitrogen and oxygen atoms in total. The first-order valence-corrected chi connectivity index (χ1v) is 8.52. The minimum atomic E-state index is -0.921. The highest BCUT2D eigenvalue weighted by Crippen LogP contribution is 2.27. The molecule has 2 atom stereocenters. The van der Waals surface area contributed by atoms with Gasteiger partial charge in [0, 0.05) is 18.2 Å². The third kappa shape index (κ3) is 3.38. The number of carbonyl (C=O) groups excluding carboxylic acids is 1. The van der Waals surface area contributed by atoms with Gasteiger partial charge in [0.15, 0.2) is 0 Å². The second kappa shape index (κ2) is 7.21. The Kier molecular flexibility index (Phi) is 5.04. The molecule has 1 aromatic carbocycles. The number of likely N-dealkylation sites (tertiary alicyclic amines) is 2. The summed E-state index contributed by atoms with van der Waals surface area (Å²) >= 11 is 0. The van der Waals surface area contributed by atoms with Crippen LogP contribution in [0.2, 0.25) is 0 Å². The third-order valence-electron chi connectivity index (χ3n) is 5.09. The lowest BCUT2D eigenvalue weighted by molar-refractivity contribution is -0.144. The number of hydrogen-bond acceptors (Lipinski definition) is 4. The Hall–Kier alpha value is -2.08. The third-order valence-corrected chi connectivity index (χ3v) is 5.09. The van der Waals surface area contributed by atoms with Gasteiger partial charge in [0.1, 0.15) is 11.8 Å². The second-order valence-electron chi connectivity index (χ2n) is 6.51. The number of piperidine rings is 1. The van der Waals surface area contributed by atoms with Crippen LogP contribution in [-0.2, 0) is 4.79 Å². The molecule has 2 fully saturated rings. The topological polar surface area (TPSA) is 70.1 Å². The van der Waals surface area contributed by atoms with Crippen LogP contribution in [0.3, 0.4) is 0 Å². The fourth-order valence-corrected chi connectivity index (χ4v) is 3.78. The molecule has 1 N–H and O–H groups in total. The number of methoxy groups -OCH3 is 1. The minimum Gasteiger partial charge on any atom is -0.497 e. The van der Waals surface area contributed by atoms with Gasteiger partial charge in [0.25, 0.3) is 5.91 Å². The van der Waals surface area contributed by atoms with Gasteiger partial charge in [-0.25, -0.2) is 4.79 Å². The Morgan fingerprint density at radius 2 is 1.96 bits per heavy atom. The lowest BCUT2D eigenvalue weighted by Gasteiger charge is -2.40. The SMILES string of the molecule is COc1cccc(C(=O)N2CC[C@@H](N3CCCC3)C[C@@H]2C(=O)O)c1. The molecule has 24 heavy (non-hydrogen) atoms. The molecule has 0 bridgehead atoms. The molecule has 3 rings (SSSR count).